The van der Waals surface area contributed by atoms with Crippen molar-refractivity contribution in [3.05, 3.63) is 45.7 Å². The lowest BCUT2D eigenvalue weighted by atomic mass is 9.90. The predicted octanol–water partition coefficient (Wildman–Crippen LogP) is 2.66. The Morgan fingerprint density at radius 1 is 1.27 bits per heavy atom. The van der Waals surface area contributed by atoms with Gasteiger partial charge in [0.2, 0.25) is 5.91 Å². The van der Waals surface area contributed by atoms with Crippen molar-refractivity contribution < 1.29 is 4.79 Å². The molecule has 1 heterocycles. The molecule has 0 saturated heterocycles. The van der Waals surface area contributed by atoms with Crippen LogP contribution in [0.2, 0.25) is 0 Å². The summed E-state index contributed by atoms with van der Waals surface area (Å²) in [5.41, 5.74) is 4.33. The number of carbonyl (C=O) groups excluding carboxylic acids is 1. The van der Waals surface area contributed by atoms with E-state index in [2.05, 4.69) is 15.5 Å². The first kappa shape index (κ1) is 14.5. The number of aromatic nitrogens is 2. The quantitative estimate of drug-likeness (QED) is 0.914. The van der Waals surface area contributed by atoms with Crippen LogP contribution in [-0.4, -0.2) is 16.1 Å². The van der Waals surface area contributed by atoms with E-state index >= 15 is 0 Å². The standard InChI is InChI=1S/C17H19N3O2/c1-2-15(21)18-12-7-5-6-11(10-12)16-13-8-3-4-9-14(13)17(22)20-19-16/h5-7,10H,2-4,8-9H2,1H3,(H,18,21)(H,20,22). The molecule has 1 aromatic carbocycles. The fourth-order valence-electron chi connectivity index (χ4n) is 2.89. The number of nitrogens with one attached hydrogen (secondary N) is 2. The second-order valence-electron chi connectivity index (χ2n) is 5.55. The maximum atomic E-state index is 11.9. The fraction of sp³-hybridized carbons (Fsp3) is 0.353. The molecule has 2 N–H and O–H groups in total. The molecule has 114 valence electrons. The van der Waals surface area contributed by atoms with Gasteiger partial charge in [-0.1, -0.05) is 19.1 Å². The topological polar surface area (TPSA) is 74.8 Å². The number of benzene rings is 1. The molecule has 22 heavy (non-hydrogen) atoms. The van der Waals surface area contributed by atoms with E-state index < -0.39 is 0 Å². The number of anilines is 1. The minimum absolute atomic E-state index is 0.0198. The largest absolute Gasteiger partial charge is 0.326 e. The summed E-state index contributed by atoms with van der Waals surface area (Å²) in [6.45, 7) is 1.82. The molecule has 2 aromatic rings. The Labute approximate surface area is 128 Å². The lowest BCUT2D eigenvalue weighted by Gasteiger charge is -2.17. The molecule has 1 aromatic heterocycles. The summed E-state index contributed by atoms with van der Waals surface area (Å²) in [5.74, 6) is -0.0198. The zero-order chi connectivity index (χ0) is 15.5. The van der Waals surface area contributed by atoms with Gasteiger partial charge in [0, 0.05) is 23.2 Å². The van der Waals surface area contributed by atoms with Gasteiger partial charge in [0.05, 0.1) is 5.69 Å². The van der Waals surface area contributed by atoms with E-state index in [1.807, 2.05) is 31.2 Å². The van der Waals surface area contributed by atoms with Crippen molar-refractivity contribution in [1.29, 1.82) is 0 Å². The molecule has 0 aliphatic heterocycles. The molecule has 5 heteroatoms. The highest BCUT2D eigenvalue weighted by atomic mass is 16.1. The minimum atomic E-state index is -0.0751. The predicted molar refractivity (Wildman–Crippen MR) is 85.9 cm³/mol. The lowest BCUT2D eigenvalue weighted by Crippen LogP contribution is -2.21. The van der Waals surface area contributed by atoms with Gasteiger partial charge in [-0.05, 0) is 43.4 Å². The third-order valence-corrected chi connectivity index (χ3v) is 4.04. The van der Waals surface area contributed by atoms with Gasteiger partial charge in [0.15, 0.2) is 0 Å². The third-order valence-electron chi connectivity index (χ3n) is 4.04. The average Bonchev–Trinajstić information content (AvgIpc) is 2.55. The Bertz CT molecular complexity index is 765. The summed E-state index contributed by atoms with van der Waals surface area (Å²) in [4.78, 5) is 23.5. The van der Waals surface area contributed by atoms with E-state index in [-0.39, 0.29) is 11.5 Å². The van der Waals surface area contributed by atoms with Crippen LogP contribution in [-0.2, 0) is 17.6 Å². The second kappa shape index (κ2) is 6.13. The Morgan fingerprint density at radius 3 is 2.82 bits per heavy atom. The highest BCUT2D eigenvalue weighted by Gasteiger charge is 2.18. The Morgan fingerprint density at radius 2 is 2.05 bits per heavy atom. The smallest absolute Gasteiger partial charge is 0.267 e. The Balaban J connectivity index is 2.03. The average molecular weight is 297 g/mol. The molecule has 0 unspecified atom stereocenters. The number of nitrogens with zero attached hydrogens (tertiary/aromatic N) is 1. The first-order valence-electron chi connectivity index (χ1n) is 7.69. The number of hydrogen-bond acceptors (Lipinski definition) is 3. The second-order valence-corrected chi connectivity index (χ2v) is 5.55. The monoisotopic (exact) mass is 297 g/mol. The van der Waals surface area contributed by atoms with Gasteiger partial charge < -0.3 is 5.32 Å². The Hall–Kier alpha value is -2.43. The number of aromatic amines is 1. The van der Waals surface area contributed by atoms with Crippen LogP contribution in [0, 0.1) is 0 Å². The zero-order valence-corrected chi connectivity index (χ0v) is 12.6. The number of amides is 1. The van der Waals surface area contributed by atoms with Crippen molar-refractivity contribution in [2.24, 2.45) is 0 Å². The van der Waals surface area contributed by atoms with Crippen molar-refractivity contribution >= 4 is 11.6 Å². The van der Waals surface area contributed by atoms with Crippen molar-refractivity contribution in [1.82, 2.24) is 10.2 Å². The van der Waals surface area contributed by atoms with Crippen molar-refractivity contribution in [2.75, 3.05) is 5.32 Å². The fourth-order valence-corrected chi connectivity index (χ4v) is 2.89. The van der Waals surface area contributed by atoms with Crippen LogP contribution < -0.4 is 10.9 Å². The van der Waals surface area contributed by atoms with Crippen LogP contribution in [0.15, 0.2) is 29.1 Å². The zero-order valence-electron chi connectivity index (χ0n) is 12.6. The van der Waals surface area contributed by atoms with Gasteiger partial charge in [-0.25, -0.2) is 5.10 Å². The normalized spacial score (nSPS) is 13.5. The molecule has 3 rings (SSSR count). The van der Waals surface area contributed by atoms with Crippen molar-refractivity contribution in [3.63, 3.8) is 0 Å². The maximum Gasteiger partial charge on any atom is 0.267 e. The van der Waals surface area contributed by atoms with E-state index in [9.17, 15) is 9.59 Å². The van der Waals surface area contributed by atoms with Gasteiger partial charge in [-0.2, -0.15) is 5.10 Å². The molecular formula is C17H19N3O2. The molecule has 0 radical (unpaired) electrons. The lowest BCUT2D eigenvalue weighted by molar-refractivity contribution is -0.115. The first-order chi connectivity index (χ1) is 10.7. The van der Waals surface area contributed by atoms with Crippen LogP contribution >= 0.6 is 0 Å². The van der Waals surface area contributed by atoms with Crippen LogP contribution in [0.4, 0.5) is 5.69 Å². The van der Waals surface area contributed by atoms with Gasteiger partial charge in [0.25, 0.3) is 5.56 Å². The molecule has 0 spiro atoms. The number of hydrogen-bond donors (Lipinski definition) is 2. The molecule has 0 bridgehead atoms. The number of carbonyl (C=O) groups is 1. The summed E-state index contributed by atoms with van der Waals surface area (Å²) in [7, 11) is 0. The highest BCUT2D eigenvalue weighted by molar-refractivity contribution is 5.91. The van der Waals surface area contributed by atoms with Crippen molar-refractivity contribution in [3.8, 4) is 11.3 Å². The van der Waals surface area contributed by atoms with E-state index in [1.165, 1.54) is 0 Å². The SMILES string of the molecule is CCC(=O)Nc1cccc(-c2n[nH]c(=O)c3c2CCCC3)c1. The van der Waals surface area contributed by atoms with E-state index in [0.717, 1.165) is 53.8 Å². The molecule has 0 saturated carbocycles. The maximum absolute atomic E-state index is 11.9. The number of fused-ring (bicyclic) bond motifs is 1. The van der Waals surface area contributed by atoms with Crippen LogP contribution in [0.3, 0.4) is 0 Å². The van der Waals surface area contributed by atoms with Gasteiger partial charge >= 0.3 is 0 Å². The molecule has 5 nitrogen and oxygen atoms in total. The van der Waals surface area contributed by atoms with Crippen LogP contribution in [0.5, 0.6) is 0 Å². The van der Waals surface area contributed by atoms with E-state index in [1.54, 1.807) is 0 Å². The van der Waals surface area contributed by atoms with Crippen LogP contribution in [0.1, 0.15) is 37.3 Å². The summed E-state index contributed by atoms with van der Waals surface area (Å²) in [5, 5.41) is 9.71. The molecule has 1 amide bonds. The molecule has 0 atom stereocenters. The minimum Gasteiger partial charge on any atom is -0.326 e. The summed E-state index contributed by atoms with van der Waals surface area (Å²) < 4.78 is 0. The number of H-pyrrole nitrogens is 1. The Kier molecular flexibility index (Phi) is 4.04. The summed E-state index contributed by atoms with van der Waals surface area (Å²) >= 11 is 0. The van der Waals surface area contributed by atoms with E-state index in [4.69, 9.17) is 0 Å². The van der Waals surface area contributed by atoms with Crippen LogP contribution in [0.25, 0.3) is 11.3 Å². The molecule has 1 aliphatic carbocycles. The third kappa shape index (κ3) is 2.79. The molecule has 1 aliphatic rings. The molecule has 0 fully saturated rings. The van der Waals surface area contributed by atoms with Gasteiger partial charge in [-0.15, -0.1) is 0 Å². The summed E-state index contributed by atoms with van der Waals surface area (Å²) in [6.07, 6.45) is 4.26. The number of rotatable bonds is 3. The van der Waals surface area contributed by atoms with Gasteiger partial charge in [-0.3, -0.25) is 9.59 Å². The molecular weight excluding hydrogens is 278 g/mol. The first-order valence-corrected chi connectivity index (χ1v) is 7.69. The van der Waals surface area contributed by atoms with E-state index in [0.29, 0.717) is 6.42 Å². The summed E-state index contributed by atoms with van der Waals surface area (Å²) in [6, 6.07) is 7.61. The van der Waals surface area contributed by atoms with Crippen molar-refractivity contribution in [2.45, 2.75) is 39.0 Å². The highest BCUT2D eigenvalue weighted by Crippen LogP contribution is 2.28. The van der Waals surface area contributed by atoms with Gasteiger partial charge in [0.1, 0.15) is 0 Å².